The molecule has 2 aromatic heterocycles. The second-order valence-electron chi connectivity index (χ2n) is 6.95. The van der Waals surface area contributed by atoms with Crippen molar-refractivity contribution in [1.29, 1.82) is 0 Å². The Morgan fingerprint density at radius 1 is 1.39 bits per heavy atom. The Labute approximate surface area is 135 Å². The van der Waals surface area contributed by atoms with Crippen LogP contribution in [0.1, 0.15) is 39.2 Å². The lowest BCUT2D eigenvalue weighted by atomic mass is 9.88. The number of carboxylic acids is 1. The van der Waals surface area contributed by atoms with Crippen LogP contribution in [-0.2, 0) is 16.0 Å². The lowest BCUT2D eigenvalue weighted by Gasteiger charge is -2.21. The molecule has 1 atom stereocenters. The van der Waals surface area contributed by atoms with E-state index in [1.165, 1.54) is 0 Å². The molecule has 23 heavy (non-hydrogen) atoms. The zero-order chi connectivity index (χ0) is 17.0. The number of carboxylic acid groups (broad SMARTS) is 1. The van der Waals surface area contributed by atoms with Crippen molar-refractivity contribution in [3.05, 3.63) is 30.1 Å². The van der Waals surface area contributed by atoms with Crippen molar-refractivity contribution in [1.82, 2.24) is 15.3 Å². The molecule has 0 saturated carbocycles. The Morgan fingerprint density at radius 3 is 2.78 bits per heavy atom. The number of carbonyl (C=O) groups is 2. The van der Waals surface area contributed by atoms with Crippen LogP contribution in [0.3, 0.4) is 0 Å². The highest BCUT2D eigenvalue weighted by Gasteiger charge is 2.23. The lowest BCUT2D eigenvalue weighted by molar-refractivity contribution is -0.142. The summed E-state index contributed by atoms with van der Waals surface area (Å²) in [5.74, 6) is -1.29. The maximum atomic E-state index is 12.2. The van der Waals surface area contributed by atoms with Crippen LogP contribution >= 0.6 is 0 Å². The van der Waals surface area contributed by atoms with Gasteiger partial charge in [-0.1, -0.05) is 20.8 Å². The Morgan fingerprint density at radius 2 is 2.13 bits per heavy atom. The summed E-state index contributed by atoms with van der Waals surface area (Å²) in [7, 11) is 0. The number of rotatable bonds is 6. The van der Waals surface area contributed by atoms with Gasteiger partial charge in [-0.25, -0.2) is 9.78 Å². The molecule has 6 heteroatoms. The maximum absolute atomic E-state index is 12.2. The third kappa shape index (κ3) is 4.81. The molecule has 0 aliphatic heterocycles. The van der Waals surface area contributed by atoms with E-state index >= 15 is 0 Å². The predicted octanol–water partition coefficient (Wildman–Crippen LogP) is 2.50. The Kier molecular flexibility index (Phi) is 5.03. The molecular formula is C17H23N3O3. The fourth-order valence-corrected chi connectivity index (χ4v) is 2.41. The minimum absolute atomic E-state index is 0.0287. The van der Waals surface area contributed by atoms with Gasteiger partial charge in [0.05, 0.1) is 6.42 Å². The van der Waals surface area contributed by atoms with E-state index in [1.54, 1.807) is 18.5 Å². The molecular weight excluding hydrogens is 294 g/mol. The van der Waals surface area contributed by atoms with Crippen LogP contribution in [0, 0.1) is 5.41 Å². The number of aromatic amines is 1. The summed E-state index contributed by atoms with van der Waals surface area (Å²) in [4.78, 5) is 30.7. The van der Waals surface area contributed by atoms with Crippen LogP contribution in [0.15, 0.2) is 24.5 Å². The summed E-state index contributed by atoms with van der Waals surface area (Å²) < 4.78 is 0. The zero-order valence-electron chi connectivity index (χ0n) is 13.7. The number of pyridine rings is 1. The molecule has 0 saturated heterocycles. The van der Waals surface area contributed by atoms with E-state index in [9.17, 15) is 14.7 Å². The molecule has 0 aromatic carbocycles. The van der Waals surface area contributed by atoms with Gasteiger partial charge in [-0.15, -0.1) is 0 Å². The third-order valence-corrected chi connectivity index (χ3v) is 3.70. The molecule has 1 amide bonds. The number of H-pyrrole nitrogens is 1. The Balaban J connectivity index is 2.00. The van der Waals surface area contributed by atoms with Gasteiger partial charge < -0.3 is 15.4 Å². The van der Waals surface area contributed by atoms with E-state index in [0.717, 1.165) is 23.0 Å². The van der Waals surface area contributed by atoms with Crippen LogP contribution in [0.2, 0.25) is 0 Å². The van der Waals surface area contributed by atoms with Crippen molar-refractivity contribution in [3.8, 4) is 0 Å². The molecule has 2 aromatic rings. The summed E-state index contributed by atoms with van der Waals surface area (Å²) in [5.41, 5.74) is 1.56. The van der Waals surface area contributed by atoms with Gasteiger partial charge in [-0.05, 0) is 36.0 Å². The standard InChI is InChI=1S/C17H23N3O3/c1-17(2,3)7-6-13(16(22)23)20-14(21)9-11-10-19-15-12(11)5-4-8-18-15/h4-5,8,10,13H,6-7,9H2,1-3H3,(H,18,19)(H,20,21)(H,22,23). The Bertz CT molecular complexity index is 700. The van der Waals surface area contributed by atoms with Crippen molar-refractivity contribution in [2.75, 3.05) is 0 Å². The van der Waals surface area contributed by atoms with Crippen LogP contribution in [0.25, 0.3) is 11.0 Å². The SMILES string of the molecule is CC(C)(C)CCC(NC(=O)Cc1c[nH]c2ncccc12)C(=O)O. The minimum atomic E-state index is -0.997. The number of carbonyl (C=O) groups excluding carboxylic acids is 1. The summed E-state index contributed by atoms with van der Waals surface area (Å²) in [5, 5.41) is 12.8. The highest BCUT2D eigenvalue weighted by molar-refractivity contribution is 5.89. The monoisotopic (exact) mass is 317 g/mol. The molecule has 2 rings (SSSR count). The largest absolute Gasteiger partial charge is 0.480 e. The number of fused-ring (bicyclic) bond motifs is 1. The highest BCUT2D eigenvalue weighted by Crippen LogP contribution is 2.22. The van der Waals surface area contributed by atoms with E-state index in [0.29, 0.717) is 6.42 Å². The smallest absolute Gasteiger partial charge is 0.326 e. The number of hydrogen-bond acceptors (Lipinski definition) is 3. The fraction of sp³-hybridized carbons (Fsp3) is 0.471. The molecule has 0 aliphatic rings. The first-order valence-electron chi connectivity index (χ1n) is 7.69. The number of nitrogens with one attached hydrogen (secondary N) is 2. The van der Waals surface area contributed by atoms with E-state index in [-0.39, 0.29) is 17.7 Å². The van der Waals surface area contributed by atoms with Gasteiger partial charge in [0.1, 0.15) is 11.7 Å². The Hall–Kier alpha value is -2.37. The van der Waals surface area contributed by atoms with Gasteiger partial charge in [0.15, 0.2) is 0 Å². The number of aromatic nitrogens is 2. The average molecular weight is 317 g/mol. The van der Waals surface area contributed by atoms with Crippen LogP contribution in [0.4, 0.5) is 0 Å². The first-order valence-corrected chi connectivity index (χ1v) is 7.69. The normalized spacial score (nSPS) is 13.0. The van der Waals surface area contributed by atoms with E-state index in [1.807, 2.05) is 26.8 Å². The first-order chi connectivity index (χ1) is 10.8. The van der Waals surface area contributed by atoms with Gasteiger partial charge in [0.2, 0.25) is 5.91 Å². The van der Waals surface area contributed by atoms with Crippen LogP contribution in [-0.4, -0.2) is 33.0 Å². The molecule has 0 spiro atoms. The molecule has 3 N–H and O–H groups in total. The van der Waals surface area contributed by atoms with Crippen molar-refractivity contribution in [3.63, 3.8) is 0 Å². The zero-order valence-corrected chi connectivity index (χ0v) is 13.7. The van der Waals surface area contributed by atoms with Crippen LogP contribution in [0.5, 0.6) is 0 Å². The topological polar surface area (TPSA) is 95.1 Å². The second-order valence-corrected chi connectivity index (χ2v) is 6.95. The summed E-state index contributed by atoms with van der Waals surface area (Å²) in [6.07, 6.45) is 4.68. The van der Waals surface area contributed by atoms with Gasteiger partial charge >= 0.3 is 5.97 Å². The fourth-order valence-electron chi connectivity index (χ4n) is 2.41. The summed E-state index contributed by atoms with van der Waals surface area (Å²) in [6, 6.07) is 2.83. The number of hydrogen-bond donors (Lipinski definition) is 3. The van der Waals surface area contributed by atoms with Crippen molar-refractivity contribution in [2.45, 2.75) is 46.1 Å². The summed E-state index contributed by atoms with van der Waals surface area (Å²) >= 11 is 0. The predicted molar refractivity (Wildman–Crippen MR) is 88.1 cm³/mol. The molecule has 0 radical (unpaired) electrons. The molecule has 6 nitrogen and oxygen atoms in total. The quantitative estimate of drug-likeness (QED) is 0.763. The van der Waals surface area contributed by atoms with E-state index in [2.05, 4.69) is 15.3 Å². The number of amides is 1. The van der Waals surface area contributed by atoms with Gasteiger partial charge in [0, 0.05) is 17.8 Å². The van der Waals surface area contributed by atoms with Crippen molar-refractivity contribution in [2.24, 2.45) is 5.41 Å². The van der Waals surface area contributed by atoms with Crippen molar-refractivity contribution >= 4 is 22.9 Å². The van der Waals surface area contributed by atoms with Gasteiger partial charge in [-0.2, -0.15) is 0 Å². The molecule has 1 unspecified atom stereocenters. The lowest BCUT2D eigenvalue weighted by Crippen LogP contribution is -2.42. The van der Waals surface area contributed by atoms with Gasteiger partial charge in [0.25, 0.3) is 0 Å². The van der Waals surface area contributed by atoms with E-state index < -0.39 is 12.0 Å². The average Bonchev–Trinajstić information content (AvgIpc) is 2.85. The first kappa shape index (κ1) is 17.0. The van der Waals surface area contributed by atoms with Gasteiger partial charge in [-0.3, -0.25) is 4.79 Å². The van der Waals surface area contributed by atoms with Crippen LogP contribution < -0.4 is 5.32 Å². The molecule has 124 valence electrons. The second kappa shape index (κ2) is 6.81. The molecule has 0 fully saturated rings. The third-order valence-electron chi connectivity index (χ3n) is 3.70. The number of nitrogens with zero attached hydrogens (tertiary/aromatic N) is 1. The summed E-state index contributed by atoms with van der Waals surface area (Å²) in [6.45, 7) is 6.14. The minimum Gasteiger partial charge on any atom is -0.480 e. The molecule has 2 heterocycles. The van der Waals surface area contributed by atoms with Crippen molar-refractivity contribution < 1.29 is 14.7 Å². The number of aliphatic carboxylic acids is 1. The highest BCUT2D eigenvalue weighted by atomic mass is 16.4. The van der Waals surface area contributed by atoms with E-state index in [4.69, 9.17) is 0 Å². The molecule has 0 aliphatic carbocycles. The maximum Gasteiger partial charge on any atom is 0.326 e. The molecule has 0 bridgehead atoms.